The second-order valence-corrected chi connectivity index (χ2v) is 5.01. The van der Waals surface area contributed by atoms with E-state index in [-0.39, 0.29) is 6.42 Å². The van der Waals surface area contributed by atoms with E-state index >= 15 is 0 Å². The van der Waals surface area contributed by atoms with Gasteiger partial charge in [0.05, 0.1) is 12.1 Å². The van der Waals surface area contributed by atoms with Gasteiger partial charge in [-0.05, 0) is 62.9 Å². The molecule has 4 nitrogen and oxygen atoms in total. The minimum absolute atomic E-state index is 0.156. The van der Waals surface area contributed by atoms with Gasteiger partial charge in [-0.1, -0.05) is 0 Å². The molecule has 1 aromatic carbocycles. The number of hydroxylamine groups is 1. The Morgan fingerprint density at radius 1 is 1.43 bits per heavy atom. The first-order valence-corrected chi connectivity index (χ1v) is 5.86. The molecule has 0 heterocycles. The Hall–Kier alpha value is -0.0900. The summed E-state index contributed by atoms with van der Waals surface area (Å²) in [5, 5.41) is 8.36. The number of amides is 1. The Morgan fingerprint density at radius 2 is 1.93 bits per heavy atom. The fourth-order valence-corrected chi connectivity index (χ4v) is 2.86. The average Bonchev–Trinajstić information content (AvgIpc) is 2.14. The van der Waals surface area contributed by atoms with Crippen molar-refractivity contribution in [1.82, 2.24) is 5.48 Å². The predicted octanol–water partition coefficient (Wildman–Crippen LogP) is 1.53. The monoisotopic (exact) mass is 418 g/mol. The highest BCUT2D eigenvalue weighted by atomic mass is 127. The van der Waals surface area contributed by atoms with E-state index in [1.165, 1.54) is 0 Å². The number of hydrogen-bond acceptors (Lipinski definition) is 3. The molecule has 0 aliphatic rings. The molecule has 0 unspecified atom stereocenters. The van der Waals surface area contributed by atoms with E-state index in [4.69, 9.17) is 10.9 Å². The van der Waals surface area contributed by atoms with Crippen LogP contribution in [0.5, 0.6) is 0 Å². The second kappa shape index (κ2) is 5.12. The third-order valence-electron chi connectivity index (χ3n) is 1.63. The Kier molecular flexibility index (Phi) is 4.38. The van der Waals surface area contributed by atoms with Gasteiger partial charge in [0.25, 0.3) is 0 Å². The molecule has 0 radical (unpaired) electrons. The van der Waals surface area contributed by atoms with Gasteiger partial charge >= 0.3 is 0 Å². The van der Waals surface area contributed by atoms with Crippen molar-refractivity contribution < 1.29 is 10.0 Å². The molecule has 76 valence electrons. The minimum atomic E-state index is -0.429. The third-order valence-corrected chi connectivity index (χ3v) is 3.41. The summed E-state index contributed by atoms with van der Waals surface area (Å²) in [5.41, 5.74) is 8.90. The van der Waals surface area contributed by atoms with E-state index in [9.17, 15) is 4.79 Å². The molecule has 0 aromatic heterocycles. The zero-order chi connectivity index (χ0) is 10.7. The van der Waals surface area contributed by atoms with Crippen molar-refractivity contribution in [1.29, 1.82) is 0 Å². The summed E-state index contributed by atoms with van der Waals surface area (Å²) in [5.74, 6) is -0.429. The van der Waals surface area contributed by atoms with Crippen LogP contribution in [0.4, 0.5) is 5.69 Å². The molecule has 1 rings (SSSR count). The number of benzene rings is 1. The molecule has 14 heavy (non-hydrogen) atoms. The maximum atomic E-state index is 10.9. The van der Waals surface area contributed by atoms with Crippen LogP contribution in [0.1, 0.15) is 5.56 Å². The highest BCUT2D eigenvalue weighted by Crippen LogP contribution is 2.23. The van der Waals surface area contributed by atoms with Crippen molar-refractivity contribution in [3.63, 3.8) is 0 Å². The Labute approximate surface area is 108 Å². The van der Waals surface area contributed by atoms with Crippen molar-refractivity contribution in [3.8, 4) is 0 Å². The number of rotatable bonds is 2. The number of nitrogen functional groups attached to an aromatic ring is 1. The molecule has 1 aromatic rings. The van der Waals surface area contributed by atoms with E-state index < -0.39 is 5.91 Å². The molecule has 0 spiro atoms. The van der Waals surface area contributed by atoms with Crippen LogP contribution in [-0.4, -0.2) is 11.1 Å². The van der Waals surface area contributed by atoms with Crippen LogP contribution < -0.4 is 11.2 Å². The number of nitrogens with two attached hydrogens (primary N) is 1. The van der Waals surface area contributed by atoms with Crippen molar-refractivity contribution in [2.75, 3.05) is 5.73 Å². The van der Waals surface area contributed by atoms with Gasteiger partial charge in [-0.25, -0.2) is 5.48 Å². The average molecular weight is 418 g/mol. The maximum absolute atomic E-state index is 10.9. The summed E-state index contributed by atoms with van der Waals surface area (Å²) in [4.78, 5) is 10.9. The van der Waals surface area contributed by atoms with Crippen LogP contribution >= 0.6 is 45.2 Å². The highest BCUT2D eigenvalue weighted by Gasteiger charge is 2.07. The molecule has 0 saturated carbocycles. The molecular formula is C8H8I2N2O2. The van der Waals surface area contributed by atoms with Gasteiger partial charge in [0.1, 0.15) is 0 Å². The summed E-state index contributed by atoms with van der Waals surface area (Å²) in [6.45, 7) is 0. The first-order chi connectivity index (χ1) is 6.54. The third kappa shape index (κ3) is 2.95. The van der Waals surface area contributed by atoms with Gasteiger partial charge in [0.2, 0.25) is 5.91 Å². The summed E-state index contributed by atoms with van der Waals surface area (Å²) in [7, 11) is 0. The molecule has 0 atom stereocenters. The van der Waals surface area contributed by atoms with Gasteiger partial charge in [-0.2, -0.15) is 0 Å². The minimum Gasteiger partial charge on any atom is -0.397 e. The quantitative estimate of drug-likeness (QED) is 0.295. The van der Waals surface area contributed by atoms with Gasteiger partial charge in [-0.3, -0.25) is 10.0 Å². The van der Waals surface area contributed by atoms with E-state index in [0.29, 0.717) is 0 Å². The van der Waals surface area contributed by atoms with Crippen LogP contribution in [0.25, 0.3) is 0 Å². The molecule has 0 fully saturated rings. The van der Waals surface area contributed by atoms with Crippen LogP contribution in [0.15, 0.2) is 12.1 Å². The molecule has 1 amide bonds. The van der Waals surface area contributed by atoms with Crippen LogP contribution in [0.2, 0.25) is 0 Å². The zero-order valence-electron chi connectivity index (χ0n) is 7.05. The van der Waals surface area contributed by atoms with Crippen LogP contribution in [0.3, 0.4) is 0 Å². The number of hydrogen-bond donors (Lipinski definition) is 3. The van der Waals surface area contributed by atoms with Crippen molar-refractivity contribution >= 4 is 56.8 Å². The van der Waals surface area contributed by atoms with Gasteiger partial charge < -0.3 is 5.73 Å². The summed E-state index contributed by atoms with van der Waals surface area (Å²) < 4.78 is 1.82. The molecular weight excluding hydrogens is 410 g/mol. The largest absolute Gasteiger partial charge is 0.397 e. The number of halogens is 2. The molecule has 0 bridgehead atoms. The summed E-state index contributed by atoms with van der Waals surface area (Å²) in [6, 6.07) is 3.65. The smallest absolute Gasteiger partial charge is 0.247 e. The lowest BCUT2D eigenvalue weighted by molar-refractivity contribution is -0.128. The Bertz CT molecular complexity index is 345. The molecule has 6 heteroatoms. The topological polar surface area (TPSA) is 75.4 Å². The van der Waals surface area contributed by atoms with Gasteiger partial charge in [-0.15, -0.1) is 0 Å². The van der Waals surface area contributed by atoms with Crippen LogP contribution in [0, 0.1) is 7.14 Å². The summed E-state index contributed by atoms with van der Waals surface area (Å²) in [6.07, 6.45) is 0.156. The van der Waals surface area contributed by atoms with Crippen molar-refractivity contribution in [3.05, 3.63) is 24.8 Å². The fourth-order valence-electron chi connectivity index (χ4n) is 0.964. The first-order valence-electron chi connectivity index (χ1n) is 3.71. The number of carbonyl (C=O) groups excluding carboxylic acids is 1. The van der Waals surface area contributed by atoms with Gasteiger partial charge in [0, 0.05) is 7.14 Å². The van der Waals surface area contributed by atoms with Crippen molar-refractivity contribution in [2.24, 2.45) is 0 Å². The maximum Gasteiger partial charge on any atom is 0.247 e. The van der Waals surface area contributed by atoms with E-state index in [1.807, 2.05) is 12.1 Å². The molecule has 0 aliphatic heterocycles. The van der Waals surface area contributed by atoms with E-state index in [0.717, 1.165) is 18.4 Å². The summed E-state index contributed by atoms with van der Waals surface area (Å²) >= 11 is 4.22. The zero-order valence-corrected chi connectivity index (χ0v) is 11.4. The Balaban J connectivity index is 2.95. The lowest BCUT2D eigenvalue weighted by Crippen LogP contribution is -2.20. The SMILES string of the molecule is Nc1c(I)cc(CC(=O)NO)cc1I. The normalized spacial score (nSPS) is 9.93. The highest BCUT2D eigenvalue weighted by molar-refractivity contribution is 14.1. The lowest BCUT2D eigenvalue weighted by Gasteiger charge is -2.05. The standard InChI is InChI=1S/C8H8I2N2O2/c9-5-1-4(3-7(13)12-14)2-6(10)8(5)11/h1-2,14H,3,11H2,(H,12,13). The van der Waals surface area contributed by atoms with Crippen LogP contribution in [-0.2, 0) is 11.2 Å². The number of anilines is 1. The molecule has 0 saturated heterocycles. The Morgan fingerprint density at radius 3 is 2.36 bits per heavy atom. The fraction of sp³-hybridized carbons (Fsp3) is 0.125. The molecule has 0 aliphatic carbocycles. The lowest BCUT2D eigenvalue weighted by atomic mass is 10.1. The number of nitrogens with one attached hydrogen (secondary N) is 1. The predicted molar refractivity (Wildman–Crippen MR) is 69.9 cm³/mol. The van der Waals surface area contributed by atoms with Gasteiger partial charge in [0.15, 0.2) is 0 Å². The number of carbonyl (C=O) groups is 1. The first kappa shape index (κ1) is 12.0. The second-order valence-electron chi connectivity index (χ2n) is 2.68. The van der Waals surface area contributed by atoms with E-state index in [2.05, 4.69) is 45.2 Å². The van der Waals surface area contributed by atoms with Crippen molar-refractivity contribution in [2.45, 2.75) is 6.42 Å². The van der Waals surface area contributed by atoms with E-state index in [1.54, 1.807) is 5.48 Å². The molecule has 4 N–H and O–H groups in total.